The van der Waals surface area contributed by atoms with Gasteiger partial charge in [-0.3, -0.25) is 38.4 Å². The van der Waals surface area contributed by atoms with Gasteiger partial charge < -0.3 is 32.8 Å². The molecule has 5 rings (SSSR count). The summed E-state index contributed by atoms with van der Waals surface area (Å²) in [6, 6.07) is 4.68. The molecule has 6 unspecified atom stereocenters. The van der Waals surface area contributed by atoms with Gasteiger partial charge >= 0.3 is 17.1 Å². The summed E-state index contributed by atoms with van der Waals surface area (Å²) in [5, 5.41) is 42.3. The molecule has 0 saturated carbocycles. The van der Waals surface area contributed by atoms with E-state index in [1.54, 1.807) is 0 Å². The van der Waals surface area contributed by atoms with Crippen LogP contribution in [-0.4, -0.2) is 120 Å². The Hall–Kier alpha value is -4.53. The van der Waals surface area contributed by atoms with Crippen molar-refractivity contribution < 1.29 is 71.1 Å². The van der Waals surface area contributed by atoms with Crippen LogP contribution in [0.3, 0.4) is 0 Å². The van der Waals surface area contributed by atoms with Crippen molar-refractivity contribution in [1.82, 2.24) is 18.9 Å². The molecular weight excluding hydrogens is 901 g/mol. The zero-order valence-electron chi connectivity index (χ0n) is 38.0. The standard InChI is InChI=1S/C41H62N4O15Si4/c1-26(46)42-34(50)21-30(38(42)54)13-9-17-61(5)25-62(6,18-10-14-31-22-35(51)43(27(2)47)39(31)55)59-64(8,20-12-16-33-24-37(53)45(29(4)49)41(33)57)60-63(7,58-61)19-11-15-32-23-36(52)44(28(3)48)40(32)56/h23-24,30-31,52-53,56-57H,9-22,25H2,1-8H3. The van der Waals surface area contributed by atoms with Crippen LogP contribution in [0.2, 0.25) is 56.0 Å². The highest BCUT2D eigenvalue weighted by Crippen LogP contribution is 2.43. The van der Waals surface area contributed by atoms with Crippen molar-refractivity contribution in [3.63, 3.8) is 0 Å². The molecule has 6 amide bonds. The zero-order chi connectivity index (χ0) is 47.7. The molecule has 3 saturated heterocycles. The lowest BCUT2D eigenvalue weighted by Gasteiger charge is -2.51. The predicted molar refractivity (Wildman–Crippen MR) is 238 cm³/mol. The Kier molecular flexibility index (Phi) is 15.4. The number of hydrogen-bond acceptors (Lipinski definition) is 15. The van der Waals surface area contributed by atoms with Crippen LogP contribution in [0.25, 0.3) is 0 Å². The van der Waals surface area contributed by atoms with Crippen molar-refractivity contribution in [2.45, 2.75) is 148 Å². The summed E-state index contributed by atoms with van der Waals surface area (Å²) in [7, 11) is -12.3. The Morgan fingerprint density at radius 2 is 0.922 bits per heavy atom. The zero-order valence-corrected chi connectivity index (χ0v) is 42.0. The van der Waals surface area contributed by atoms with Gasteiger partial charge in [0.1, 0.15) is 0 Å². The SMILES string of the molecule is CC(=O)N1C(=O)CC(CCC[Si]2(C)C[Si](C)(CCCC3CC(=O)N(C(C)=O)C3=O)O[Si](C)(CCCc3cc(O)n(C(C)=O)c3O)O[Si](C)(CCCc3cc(O)n(C(C)=O)c3O)O2)C1=O. The molecule has 3 fully saturated rings. The number of amides is 6. The van der Waals surface area contributed by atoms with Crippen molar-refractivity contribution in [3.05, 3.63) is 23.3 Å². The molecule has 4 N–H and O–H groups in total. The molecule has 64 heavy (non-hydrogen) atoms. The Bertz CT molecular complexity index is 2080. The number of aromatic hydroxyl groups is 4. The van der Waals surface area contributed by atoms with Crippen LogP contribution in [-0.2, 0) is 54.0 Å². The number of aromatic nitrogens is 2. The van der Waals surface area contributed by atoms with E-state index in [1.165, 1.54) is 39.8 Å². The van der Waals surface area contributed by atoms with E-state index in [-0.39, 0.29) is 49.2 Å². The monoisotopic (exact) mass is 962 g/mol. The first-order valence-electron chi connectivity index (χ1n) is 21.8. The molecular formula is C41H62N4O15Si4. The van der Waals surface area contributed by atoms with Gasteiger partial charge in [0.25, 0.3) is 0 Å². The van der Waals surface area contributed by atoms with Crippen LogP contribution in [0.5, 0.6) is 23.5 Å². The molecule has 2 aromatic heterocycles. The highest BCUT2D eigenvalue weighted by Gasteiger charge is 2.55. The van der Waals surface area contributed by atoms with Crippen LogP contribution in [0.4, 0.5) is 0 Å². The second kappa shape index (κ2) is 19.5. The van der Waals surface area contributed by atoms with Crippen molar-refractivity contribution in [1.29, 1.82) is 0 Å². The van der Waals surface area contributed by atoms with Gasteiger partial charge in [-0.25, -0.2) is 18.9 Å². The normalized spacial score (nSPS) is 27.6. The lowest BCUT2D eigenvalue weighted by molar-refractivity contribution is -0.151. The molecule has 0 spiro atoms. The van der Waals surface area contributed by atoms with Crippen LogP contribution < -0.4 is 0 Å². The molecule has 5 heterocycles. The minimum Gasteiger partial charge on any atom is -0.494 e. The van der Waals surface area contributed by atoms with Gasteiger partial charge in [0.05, 0.1) is 0 Å². The Morgan fingerprint density at radius 1 is 0.562 bits per heavy atom. The number of likely N-dealkylation sites (tertiary alicyclic amines) is 2. The summed E-state index contributed by atoms with van der Waals surface area (Å²) in [4.78, 5) is 101. The number of imide groups is 6. The number of nitrogens with zero attached hydrogens (tertiary/aromatic N) is 4. The summed E-state index contributed by atoms with van der Waals surface area (Å²) >= 11 is 0. The van der Waals surface area contributed by atoms with Crippen LogP contribution in [0.1, 0.15) is 99.8 Å². The fourth-order valence-electron chi connectivity index (χ4n) is 10.1. The van der Waals surface area contributed by atoms with Crippen LogP contribution in [0.15, 0.2) is 12.1 Å². The van der Waals surface area contributed by atoms with E-state index in [2.05, 4.69) is 13.1 Å². The summed E-state index contributed by atoms with van der Waals surface area (Å²) in [5.41, 5.74) is 1.34. The Morgan fingerprint density at radius 3 is 1.22 bits per heavy atom. The third-order valence-corrected chi connectivity index (χ3v) is 34.8. The van der Waals surface area contributed by atoms with Crippen molar-refractivity contribution >= 4 is 81.0 Å². The number of aryl methyl sites for hydroxylation is 2. The minimum absolute atomic E-state index is 0.0548. The third kappa shape index (κ3) is 11.3. The number of carbonyl (C=O) groups is 8. The van der Waals surface area contributed by atoms with Gasteiger partial charge in [-0.2, -0.15) is 0 Å². The van der Waals surface area contributed by atoms with Crippen molar-refractivity contribution in [2.24, 2.45) is 11.8 Å². The first kappa shape index (κ1) is 50.5. The average molecular weight is 963 g/mol. The summed E-state index contributed by atoms with van der Waals surface area (Å²) in [5.74, 6) is -7.14. The maximum absolute atomic E-state index is 13.1. The largest absolute Gasteiger partial charge is 0.494 e. The predicted octanol–water partition coefficient (Wildman–Crippen LogP) is 5.30. The summed E-state index contributed by atoms with van der Waals surface area (Å²) in [6.45, 7) is 13.0. The number of hydrogen-bond donors (Lipinski definition) is 4. The Labute approximate surface area is 376 Å². The van der Waals surface area contributed by atoms with Gasteiger partial charge in [-0.05, 0) is 94.6 Å². The van der Waals surface area contributed by atoms with Gasteiger partial charge in [-0.15, -0.1) is 0 Å². The smallest absolute Gasteiger partial charge is 0.315 e. The molecule has 0 aromatic carbocycles. The molecule has 0 radical (unpaired) electrons. The van der Waals surface area contributed by atoms with E-state index in [0.717, 1.165) is 9.13 Å². The molecule has 19 nitrogen and oxygen atoms in total. The quantitative estimate of drug-likeness (QED) is 0.123. The van der Waals surface area contributed by atoms with E-state index >= 15 is 0 Å². The minimum atomic E-state index is -3.26. The maximum Gasteiger partial charge on any atom is 0.315 e. The number of rotatable bonds is 16. The van der Waals surface area contributed by atoms with Crippen molar-refractivity contribution in [2.75, 3.05) is 0 Å². The van der Waals surface area contributed by atoms with E-state index in [9.17, 15) is 58.8 Å². The molecule has 0 aliphatic carbocycles. The first-order chi connectivity index (χ1) is 29.7. The highest BCUT2D eigenvalue weighted by atomic mass is 28.5. The summed E-state index contributed by atoms with van der Waals surface area (Å²) in [6.07, 6.45) is 3.09. The highest BCUT2D eigenvalue weighted by molar-refractivity contribution is 7.00. The van der Waals surface area contributed by atoms with E-state index < -0.39 is 92.8 Å². The first-order valence-corrected chi connectivity index (χ1v) is 32.5. The fourth-order valence-corrected chi connectivity index (χ4v) is 38.8. The van der Waals surface area contributed by atoms with Crippen LogP contribution in [0, 0.1) is 11.8 Å². The molecule has 3 aliphatic heterocycles. The van der Waals surface area contributed by atoms with Crippen LogP contribution >= 0.6 is 0 Å². The molecule has 0 bridgehead atoms. The molecule has 352 valence electrons. The van der Waals surface area contributed by atoms with Gasteiger partial charge in [-0.1, -0.05) is 12.8 Å². The van der Waals surface area contributed by atoms with E-state index in [0.29, 0.717) is 89.3 Å². The fraction of sp³-hybridized carbons (Fsp3) is 0.610. The van der Waals surface area contributed by atoms with Gasteiger partial charge in [0, 0.05) is 75.6 Å². The second-order valence-corrected chi connectivity index (χ2v) is 34.7. The van der Waals surface area contributed by atoms with E-state index in [1.807, 2.05) is 13.1 Å². The van der Waals surface area contributed by atoms with E-state index in [4.69, 9.17) is 12.3 Å². The van der Waals surface area contributed by atoms with Crippen molar-refractivity contribution in [3.8, 4) is 23.5 Å². The second-order valence-electron chi connectivity index (χ2n) is 18.5. The van der Waals surface area contributed by atoms with Gasteiger partial charge in [0.2, 0.25) is 70.8 Å². The Balaban J connectivity index is 1.44. The lowest BCUT2D eigenvalue weighted by atomic mass is 10.0. The lowest BCUT2D eigenvalue weighted by Crippen LogP contribution is -2.65. The topological polar surface area (TPSA) is 262 Å². The maximum atomic E-state index is 13.1. The molecule has 2 aromatic rings. The molecule has 6 atom stereocenters. The molecule has 3 aliphatic rings. The number of carbonyl (C=O) groups excluding carboxylic acids is 8. The molecule has 23 heteroatoms. The average Bonchev–Trinajstić information content (AvgIpc) is 3.80. The summed E-state index contributed by atoms with van der Waals surface area (Å²) < 4.78 is 23.8. The third-order valence-electron chi connectivity index (χ3n) is 12.6. The van der Waals surface area contributed by atoms with Gasteiger partial charge in [0.15, 0.2) is 16.6 Å².